The summed E-state index contributed by atoms with van der Waals surface area (Å²) < 4.78 is 0. The van der Waals surface area contributed by atoms with Gasteiger partial charge in [0.05, 0.1) is 5.69 Å². The van der Waals surface area contributed by atoms with Crippen LogP contribution in [0.25, 0.3) is 0 Å². The molecule has 0 spiro atoms. The van der Waals surface area contributed by atoms with Gasteiger partial charge in [-0.25, -0.2) is 9.97 Å². The number of rotatable bonds is 4. The summed E-state index contributed by atoms with van der Waals surface area (Å²) in [7, 11) is 0. The topological polar surface area (TPSA) is 29.0 Å². The maximum Gasteiger partial charge on any atom is 0.230 e. The van der Waals surface area contributed by atoms with Gasteiger partial charge in [0, 0.05) is 22.3 Å². The molecule has 0 aliphatic rings. The Labute approximate surface area is 125 Å². The Bertz CT molecular complexity index is 582. The van der Waals surface area contributed by atoms with Crippen molar-refractivity contribution >= 4 is 23.0 Å². The fourth-order valence-corrected chi connectivity index (χ4v) is 3.41. The summed E-state index contributed by atoms with van der Waals surface area (Å²) >= 11 is 1.81. The number of anilines is 2. The second kappa shape index (κ2) is 5.92. The molecule has 0 amide bonds. The smallest absolute Gasteiger partial charge is 0.230 e. The molecule has 2 heterocycles. The van der Waals surface area contributed by atoms with Gasteiger partial charge in [-0.15, -0.1) is 11.3 Å². The molecule has 0 radical (unpaired) electrons. The molecule has 0 saturated heterocycles. The van der Waals surface area contributed by atoms with Crippen LogP contribution < -0.4 is 4.90 Å². The SMILES string of the molecule is CCc1csc(C)c1N(c1nc(C)cc(C)n1)C(C)C. The first kappa shape index (κ1) is 15.0. The molecule has 0 N–H and O–H groups in total. The summed E-state index contributed by atoms with van der Waals surface area (Å²) in [6.07, 6.45) is 1.04. The lowest BCUT2D eigenvalue weighted by Gasteiger charge is -2.28. The Balaban J connectivity index is 2.59. The molecule has 2 aromatic heterocycles. The Morgan fingerprint density at radius 2 is 1.75 bits per heavy atom. The van der Waals surface area contributed by atoms with E-state index in [1.807, 2.05) is 31.3 Å². The molecule has 4 heteroatoms. The quantitative estimate of drug-likeness (QED) is 0.825. The first-order chi connectivity index (χ1) is 9.43. The summed E-state index contributed by atoms with van der Waals surface area (Å²) in [5, 5.41) is 2.25. The second-order valence-corrected chi connectivity index (χ2v) is 6.52. The van der Waals surface area contributed by atoms with Crippen LogP contribution in [0.15, 0.2) is 11.4 Å². The van der Waals surface area contributed by atoms with Crippen molar-refractivity contribution in [2.45, 2.75) is 54.0 Å². The van der Waals surface area contributed by atoms with Crippen LogP contribution >= 0.6 is 11.3 Å². The van der Waals surface area contributed by atoms with E-state index in [0.717, 1.165) is 23.8 Å². The molecule has 0 atom stereocenters. The fraction of sp³-hybridized carbons (Fsp3) is 0.500. The van der Waals surface area contributed by atoms with E-state index in [0.29, 0.717) is 6.04 Å². The van der Waals surface area contributed by atoms with E-state index in [1.54, 1.807) is 0 Å². The lowest BCUT2D eigenvalue weighted by Crippen LogP contribution is -2.28. The molecule has 0 unspecified atom stereocenters. The van der Waals surface area contributed by atoms with E-state index in [2.05, 4.69) is 47.9 Å². The van der Waals surface area contributed by atoms with Gasteiger partial charge in [-0.05, 0) is 58.0 Å². The molecule has 108 valence electrons. The molecule has 0 fully saturated rings. The molecule has 0 bridgehead atoms. The van der Waals surface area contributed by atoms with Crippen molar-refractivity contribution in [1.29, 1.82) is 0 Å². The van der Waals surface area contributed by atoms with Gasteiger partial charge in [-0.3, -0.25) is 0 Å². The van der Waals surface area contributed by atoms with Crippen molar-refractivity contribution in [2.24, 2.45) is 0 Å². The molecule has 0 aromatic carbocycles. The van der Waals surface area contributed by atoms with Crippen molar-refractivity contribution in [2.75, 3.05) is 4.90 Å². The van der Waals surface area contributed by atoms with Crippen molar-refractivity contribution in [3.63, 3.8) is 0 Å². The van der Waals surface area contributed by atoms with Crippen LogP contribution in [0, 0.1) is 20.8 Å². The van der Waals surface area contributed by atoms with Gasteiger partial charge in [0.2, 0.25) is 5.95 Å². The number of hydrogen-bond donors (Lipinski definition) is 0. The number of aromatic nitrogens is 2. The van der Waals surface area contributed by atoms with Crippen LogP contribution in [0.1, 0.15) is 42.6 Å². The maximum atomic E-state index is 4.65. The van der Waals surface area contributed by atoms with Crippen molar-refractivity contribution in [3.05, 3.63) is 33.3 Å². The monoisotopic (exact) mass is 289 g/mol. The second-order valence-electron chi connectivity index (χ2n) is 5.43. The lowest BCUT2D eigenvalue weighted by atomic mass is 10.1. The predicted molar refractivity (Wildman–Crippen MR) is 87.2 cm³/mol. The highest BCUT2D eigenvalue weighted by Crippen LogP contribution is 2.36. The summed E-state index contributed by atoms with van der Waals surface area (Å²) in [4.78, 5) is 12.9. The van der Waals surface area contributed by atoms with Gasteiger partial charge in [-0.1, -0.05) is 6.92 Å². The fourth-order valence-electron chi connectivity index (χ4n) is 2.48. The minimum atomic E-state index is 0.329. The Morgan fingerprint density at radius 3 is 2.25 bits per heavy atom. The first-order valence-corrected chi connectivity index (χ1v) is 8.00. The maximum absolute atomic E-state index is 4.65. The number of thiophene rings is 1. The number of nitrogens with zero attached hydrogens (tertiary/aromatic N) is 3. The minimum absolute atomic E-state index is 0.329. The molecular weight excluding hydrogens is 266 g/mol. The first-order valence-electron chi connectivity index (χ1n) is 7.12. The van der Waals surface area contributed by atoms with Crippen LogP contribution in [0.2, 0.25) is 0 Å². The Kier molecular flexibility index (Phi) is 4.43. The van der Waals surface area contributed by atoms with E-state index in [9.17, 15) is 0 Å². The van der Waals surface area contributed by atoms with E-state index in [4.69, 9.17) is 0 Å². The van der Waals surface area contributed by atoms with Gasteiger partial charge < -0.3 is 4.90 Å². The van der Waals surface area contributed by atoms with Gasteiger partial charge in [0.25, 0.3) is 0 Å². The Morgan fingerprint density at radius 1 is 1.15 bits per heavy atom. The van der Waals surface area contributed by atoms with Crippen LogP contribution in [0.4, 0.5) is 11.6 Å². The van der Waals surface area contributed by atoms with Crippen molar-refractivity contribution in [3.8, 4) is 0 Å². The molecule has 3 nitrogen and oxygen atoms in total. The van der Waals surface area contributed by atoms with Crippen LogP contribution in [-0.2, 0) is 6.42 Å². The average molecular weight is 289 g/mol. The van der Waals surface area contributed by atoms with E-state index >= 15 is 0 Å². The van der Waals surface area contributed by atoms with E-state index < -0.39 is 0 Å². The zero-order chi connectivity index (χ0) is 14.9. The highest BCUT2D eigenvalue weighted by molar-refractivity contribution is 7.10. The summed E-state index contributed by atoms with van der Waals surface area (Å²) in [6.45, 7) is 12.8. The van der Waals surface area contributed by atoms with Gasteiger partial charge in [-0.2, -0.15) is 0 Å². The normalized spacial score (nSPS) is 11.2. The molecule has 20 heavy (non-hydrogen) atoms. The largest absolute Gasteiger partial charge is 0.307 e. The molecule has 0 aliphatic heterocycles. The average Bonchev–Trinajstić information content (AvgIpc) is 2.70. The van der Waals surface area contributed by atoms with Crippen LogP contribution in [0.5, 0.6) is 0 Å². The molecule has 0 saturated carbocycles. The highest BCUT2D eigenvalue weighted by atomic mass is 32.1. The zero-order valence-corrected chi connectivity index (χ0v) is 14.0. The molecule has 2 rings (SSSR count). The third kappa shape index (κ3) is 2.85. The van der Waals surface area contributed by atoms with Crippen molar-refractivity contribution < 1.29 is 0 Å². The van der Waals surface area contributed by atoms with Gasteiger partial charge in [0.15, 0.2) is 0 Å². The summed E-state index contributed by atoms with van der Waals surface area (Å²) in [5.41, 5.74) is 4.70. The standard InChI is InChI=1S/C16H23N3S/c1-7-14-9-20-13(6)15(14)19(10(2)3)16-17-11(4)8-12(5)18-16/h8-10H,7H2,1-6H3. The lowest BCUT2D eigenvalue weighted by molar-refractivity contribution is 0.753. The molecule has 2 aromatic rings. The van der Waals surface area contributed by atoms with Crippen molar-refractivity contribution in [1.82, 2.24) is 9.97 Å². The summed E-state index contributed by atoms with van der Waals surface area (Å²) in [5.74, 6) is 0.814. The van der Waals surface area contributed by atoms with Gasteiger partial charge in [0.1, 0.15) is 0 Å². The van der Waals surface area contributed by atoms with E-state index in [-0.39, 0.29) is 0 Å². The van der Waals surface area contributed by atoms with Crippen LogP contribution in [-0.4, -0.2) is 16.0 Å². The van der Waals surface area contributed by atoms with Crippen LogP contribution in [0.3, 0.4) is 0 Å². The molecule has 0 aliphatic carbocycles. The van der Waals surface area contributed by atoms with E-state index in [1.165, 1.54) is 16.1 Å². The Hall–Kier alpha value is -1.42. The highest BCUT2D eigenvalue weighted by Gasteiger charge is 2.22. The number of aryl methyl sites for hydroxylation is 4. The third-order valence-electron chi connectivity index (χ3n) is 3.34. The molecular formula is C16H23N3S. The van der Waals surface area contributed by atoms with Gasteiger partial charge >= 0.3 is 0 Å². The third-order valence-corrected chi connectivity index (χ3v) is 4.29. The number of hydrogen-bond acceptors (Lipinski definition) is 4. The minimum Gasteiger partial charge on any atom is -0.307 e. The summed E-state index contributed by atoms with van der Waals surface area (Å²) in [6, 6.07) is 2.35. The predicted octanol–water partition coefficient (Wildman–Crippen LogP) is 4.57. The zero-order valence-electron chi connectivity index (χ0n) is 13.2.